The van der Waals surface area contributed by atoms with Gasteiger partial charge in [0.1, 0.15) is 0 Å². The number of thiazole rings is 1. The molecule has 0 aromatic carbocycles. The molecule has 0 saturated carbocycles. The molecular formula is C12H20ClN3OS. The second-order valence-electron chi connectivity index (χ2n) is 4.72. The van der Waals surface area contributed by atoms with E-state index >= 15 is 0 Å². The minimum Gasteiger partial charge on any atom is -0.306 e. The van der Waals surface area contributed by atoms with Crippen LogP contribution in [0.2, 0.25) is 0 Å². The Morgan fingerprint density at radius 3 is 2.89 bits per heavy atom. The van der Waals surface area contributed by atoms with E-state index in [0.29, 0.717) is 11.0 Å². The van der Waals surface area contributed by atoms with Gasteiger partial charge in [-0.1, -0.05) is 20.3 Å². The third-order valence-corrected chi connectivity index (χ3v) is 3.75. The fourth-order valence-electron chi connectivity index (χ4n) is 1.88. The molecule has 1 fully saturated rings. The quantitative estimate of drug-likeness (QED) is 0.900. The van der Waals surface area contributed by atoms with Crippen molar-refractivity contribution < 1.29 is 4.79 Å². The van der Waals surface area contributed by atoms with Crippen LogP contribution in [0.4, 0.5) is 5.13 Å². The Morgan fingerprint density at radius 2 is 2.33 bits per heavy atom. The smallest absolute Gasteiger partial charge is 0.243 e. The molecule has 0 unspecified atom stereocenters. The molecule has 1 aromatic rings. The molecule has 1 atom stereocenters. The maximum atomic E-state index is 11.9. The second kappa shape index (κ2) is 7.07. The molecule has 1 amide bonds. The number of halogens is 1. The monoisotopic (exact) mass is 289 g/mol. The van der Waals surface area contributed by atoms with Crippen molar-refractivity contribution in [3.63, 3.8) is 0 Å². The van der Waals surface area contributed by atoms with Crippen molar-refractivity contribution in [1.29, 1.82) is 0 Å². The minimum atomic E-state index is -0.0462. The van der Waals surface area contributed by atoms with Crippen molar-refractivity contribution in [2.24, 2.45) is 0 Å². The van der Waals surface area contributed by atoms with Gasteiger partial charge in [-0.05, 0) is 25.3 Å². The van der Waals surface area contributed by atoms with Crippen molar-refractivity contribution >= 4 is 34.8 Å². The zero-order valence-corrected chi connectivity index (χ0v) is 12.4. The molecule has 1 aromatic heterocycles. The van der Waals surface area contributed by atoms with Gasteiger partial charge in [-0.2, -0.15) is 0 Å². The van der Waals surface area contributed by atoms with E-state index in [0.717, 1.165) is 25.1 Å². The van der Waals surface area contributed by atoms with Crippen LogP contribution in [0.15, 0.2) is 5.38 Å². The first-order valence-corrected chi connectivity index (χ1v) is 7.04. The van der Waals surface area contributed by atoms with E-state index in [2.05, 4.69) is 29.5 Å². The zero-order chi connectivity index (χ0) is 12.3. The number of aromatic nitrogens is 1. The summed E-state index contributed by atoms with van der Waals surface area (Å²) in [6, 6.07) is -0.0462. The Morgan fingerprint density at radius 1 is 1.56 bits per heavy atom. The molecule has 0 aliphatic carbocycles. The molecule has 2 heterocycles. The van der Waals surface area contributed by atoms with Gasteiger partial charge >= 0.3 is 0 Å². The fourth-order valence-corrected chi connectivity index (χ4v) is 2.75. The maximum Gasteiger partial charge on any atom is 0.243 e. The lowest BCUT2D eigenvalue weighted by Gasteiger charge is -2.21. The van der Waals surface area contributed by atoms with Gasteiger partial charge in [0.25, 0.3) is 0 Å². The summed E-state index contributed by atoms with van der Waals surface area (Å²) >= 11 is 1.50. The van der Waals surface area contributed by atoms with Gasteiger partial charge < -0.3 is 10.6 Å². The normalized spacial score (nSPS) is 19.4. The van der Waals surface area contributed by atoms with Crippen molar-refractivity contribution in [3.05, 3.63) is 11.1 Å². The first-order chi connectivity index (χ1) is 8.16. The summed E-state index contributed by atoms with van der Waals surface area (Å²) in [5.41, 5.74) is 1.04. The first-order valence-electron chi connectivity index (χ1n) is 6.16. The summed E-state index contributed by atoms with van der Waals surface area (Å²) in [6.45, 7) is 5.14. The number of carbonyl (C=O) groups is 1. The number of anilines is 1. The summed E-state index contributed by atoms with van der Waals surface area (Å²) in [5.74, 6) is 0.457. The van der Waals surface area contributed by atoms with Crippen LogP contribution in [-0.2, 0) is 4.79 Å². The van der Waals surface area contributed by atoms with Crippen molar-refractivity contribution in [1.82, 2.24) is 10.3 Å². The number of hydrogen-bond acceptors (Lipinski definition) is 4. The van der Waals surface area contributed by atoms with Gasteiger partial charge in [0.2, 0.25) is 5.91 Å². The number of amides is 1. The standard InChI is InChI=1S/C12H19N3OS.ClH/c1-8(2)10-7-17-12(14-10)15-11(16)9-5-3-4-6-13-9;/h7-9,13H,3-6H2,1-2H3,(H,14,15,16);1H/t9-;/m0./s1. The predicted molar refractivity (Wildman–Crippen MR) is 77.7 cm³/mol. The maximum absolute atomic E-state index is 11.9. The van der Waals surface area contributed by atoms with Crippen LogP contribution in [-0.4, -0.2) is 23.5 Å². The van der Waals surface area contributed by atoms with Crippen LogP contribution >= 0.6 is 23.7 Å². The Balaban J connectivity index is 0.00000162. The predicted octanol–water partition coefficient (Wildman–Crippen LogP) is 2.77. The van der Waals surface area contributed by atoms with Gasteiger partial charge in [0.15, 0.2) is 5.13 Å². The highest BCUT2D eigenvalue weighted by Crippen LogP contribution is 2.21. The van der Waals surface area contributed by atoms with Gasteiger partial charge in [0, 0.05) is 5.38 Å². The summed E-state index contributed by atoms with van der Waals surface area (Å²) in [4.78, 5) is 16.3. The Kier molecular flexibility index (Phi) is 6.05. The molecule has 18 heavy (non-hydrogen) atoms. The second-order valence-corrected chi connectivity index (χ2v) is 5.58. The van der Waals surface area contributed by atoms with Crippen LogP contribution < -0.4 is 10.6 Å². The molecule has 0 radical (unpaired) electrons. The Labute approximate surface area is 118 Å². The molecule has 0 spiro atoms. The van der Waals surface area contributed by atoms with Crippen molar-refractivity contribution in [3.8, 4) is 0 Å². The number of rotatable bonds is 3. The van der Waals surface area contributed by atoms with Gasteiger partial charge in [-0.15, -0.1) is 23.7 Å². The van der Waals surface area contributed by atoms with E-state index in [4.69, 9.17) is 0 Å². The third kappa shape index (κ3) is 3.93. The molecule has 4 nitrogen and oxygen atoms in total. The van der Waals surface area contributed by atoms with Crippen LogP contribution in [0, 0.1) is 0 Å². The van der Waals surface area contributed by atoms with Crippen LogP contribution in [0.5, 0.6) is 0 Å². The lowest BCUT2D eigenvalue weighted by molar-refractivity contribution is -0.118. The van der Waals surface area contributed by atoms with Crippen LogP contribution in [0.1, 0.15) is 44.7 Å². The lowest BCUT2D eigenvalue weighted by atomic mass is 10.0. The molecule has 1 saturated heterocycles. The van der Waals surface area contributed by atoms with Crippen molar-refractivity contribution in [2.75, 3.05) is 11.9 Å². The summed E-state index contributed by atoms with van der Waals surface area (Å²) in [6.07, 6.45) is 3.22. The number of nitrogens with zero attached hydrogens (tertiary/aromatic N) is 1. The Hall–Kier alpha value is -0.650. The van der Waals surface area contributed by atoms with Gasteiger partial charge in [-0.3, -0.25) is 4.79 Å². The number of hydrogen-bond donors (Lipinski definition) is 2. The third-order valence-electron chi connectivity index (χ3n) is 2.97. The summed E-state index contributed by atoms with van der Waals surface area (Å²) in [5, 5.41) is 8.85. The topological polar surface area (TPSA) is 54.0 Å². The van der Waals surface area contributed by atoms with Crippen LogP contribution in [0.25, 0.3) is 0 Å². The van der Waals surface area contributed by atoms with E-state index in [9.17, 15) is 4.79 Å². The molecule has 0 bridgehead atoms. The molecule has 102 valence electrons. The average molecular weight is 290 g/mol. The number of piperidine rings is 1. The van der Waals surface area contributed by atoms with Crippen molar-refractivity contribution in [2.45, 2.75) is 45.1 Å². The number of carbonyl (C=O) groups excluding carboxylic acids is 1. The highest BCUT2D eigenvalue weighted by molar-refractivity contribution is 7.13. The molecule has 6 heteroatoms. The number of nitrogens with one attached hydrogen (secondary N) is 2. The van der Waals surface area contributed by atoms with E-state index in [1.165, 1.54) is 17.8 Å². The van der Waals surface area contributed by atoms with E-state index in [1.807, 2.05) is 5.38 Å². The first kappa shape index (κ1) is 15.4. The van der Waals surface area contributed by atoms with Crippen LogP contribution in [0.3, 0.4) is 0 Å². The summed E-state index contributed by atoms with van der Waals surface area (Å²) in [7, 11) is 0. The molecule has 2 rings (SSSR count). The molecule has 1 aliphatic rings. The largest absolute Gasteiger partial charge is 0.306 e. The Bertz CT molecular complexity index is 388. The zero-order valence-electron chi connectivity index (χ0n) is 10.7. The van der Waals surface area contributed by atoms with E-state index in [1.54, 1.807) is 0 Å². The summed E-state index contributed by atoms with van der Waals surface area (Å²) < 4.78 is 0. The van der Waals surface area contributed by atoms with Gasteiger partial charge in [-0.25, -0.2) is 4.98 Å². The minimum absolute atomic E-state index is 0. The molecular weight excluding hydrogens is 270 g/mol. The fraction of sp³-hybridized carbons (Fsp3) is 0.667. The lowest BCUT2D eigenvalue weighted by Crippen LogP contribution is -2.43. The highest BCUT2D eigenvalue weighted by Gasteiger charge is 2.21. The molecule has 2 N–H and O–H groups in total. The molecule has 1 aliphatic heterocycles. The van der Waals surface area contributed by atoms with E-state index < -0.39 is 0 Å². The highest BCUT2D eigenvalue weighted by atomic mass is 35.5. The SMILES string of the molecule is CC(C)c1csc(NC(=O)[C@@H]2CCCCN2)n1.Cl. The van der Waals surface area contributed by atoms with E-state index in [-0.39, 0.29) is 24.4 Å². The van der Waals surface area contributed by atoms with Gasteiger partial charge in [0.05, 0.1) is 11.7 Å². The average Bonchev–Trinajstić information content (AvgIpc) is 2.79.